The highest BCUT2D eigenvalue weighted by Crippen LogP contribution is 2.18. The quantitative estimate of drug-likeness (QED) is 0.714. The van der Waals surface area contributed by atoms with E-state index in [9.17, 15) is 19.5 Å². The molecular weight excluding hydrogens is 286 g/mol. The number of nitrogens with two attached hydrogens (primary N) is 1. The van der Waals surface area contributed by atoms with E-state index < -0.39 is 12.0 Å². The Labute approximate surface area is 128 Å². The third-order valence-electron chi connectivity index (χ3n) is 3.75. The molecule has 1 aromatic rings. The van der Waals surface area contributed by atoms with Crippen molar-refractivity contribution in [3.05, 3.63) is 35.9 Å². The summed E-state index contributed by atoms with van der Waals surface area (Å²) in [5.41, 5.74) is 5.83. The zero-order valence-corrected chi connectivity index (χ0v) is 12.1. The van der Waals surface area contributed by atoms with E-state index in [0.29, 0.717) is 12.0 Å². The maximum atomic E-state index is 12.1. The van der Waals surface area contributed by atoms with Gasteiger partial charge >= 0.3 is 5.97 Å². The highest BCUT2D eigenvalue weighted by molar-refractivity contribution is 5.94. The second-order valence-electron chi connectivity index (χ2n) is 5.21. The number of hydrogen-bond donors (Lipinski definition) is 3. The van der Waals surface area contributed by atoms with Crippen molar-refractivity contribution in [3.63, 3.8) is 0 Å². The summed E-state index contributed by atoms with van der Waals surface area (Å²) < 4.78 is 0. The first kappa shape index (κ1) is 16.0. The molecular formula is C15H19N3O4. The van der Waals surface area contributed by atoms with Crippen LogP contribution in [0.25, 0.3) is 0 Å². The van der Waals surface area contributed by atoms with E-state index in [2.05, 4.69) is 5.32 Å². The van der Waals surface area contributed by atoms with Gasteiger partial charge in [-0.25, -0.2) is 4.79 Å². The number of likely N-dealkylation sites (tertiary alicyclic amines) is 1. The number of benzene rings is 1. The van der Waals surface area contributed by atoms with Crippen LogP contribution in [-0.4, -0.2) is 53.0 Å². The van der Waals surface area contributed by atoms with Crippen LogP contribution >= 0.6 is 0 Å². The average molecular weight is 305 g/mol. The molecule has 1 aromatic carbocycles. The minimum atomic E-state index is -1.08. The summed E-state index contributed by atoms with van der Waals surface area (Å²) in [6, 6.07) is 7.48. The SMILES string of the molecule is NCC(=O)N1CCC(NC(=O)c2ccccc2)CC1C(=O)O. The van der Waals surface area contributed by atoms with Crippen molar-refractivity contribution >= 4 is 17.8 Å². The van der Waals surface area contributed by atoms with Crippen LogP contribution in [0.3, 0.4) is 0 Å². The van der Waals surface area contributed by atoms with Gasteiger partial charge in [0.1, 0.15) is 6.04 Å². The van der Waals surface area contributed by atoms with Crippen LogP contribution in [0.5, 0.6) is 0 Å². The van der Waals surface area contributed by atoms with Crippen molar-refractivity contribution in [3.8, 4) is 0 Å². The Morgan fingerprint density at radius 1 is 1.27 bits per heavy atom. The number of rotatable bonds is 4. The van der Waals surface area contributed by atoms with Gasteiger partial charge in [-0.05, 0) is 25.0 Å². The van der Waals surface area contributed by atoms with Crippen molar-refractivity contribution in [1.29, 1.82) is 0 Å². The number of nitrogens with zero attached hydrogens (tertiary/aromatic N) is 1. The molecule has 2 unspecified atom stereocenters. The van der Waals surface area contributed by atoms with E-state index in [-0.39, 0.29) is 37.4 Å². The van der Waals surface area contributed by atoms with E-state index in [1.807, 2.05) is 6.07 Å². The largest absolute Gasteiger partial charge is 0.480 e. The molecule has 22 heavy (non-hydrogen) atoms. The molecule has 2 rings (SSSR count). The molecule has 4 N–H and O–H groups in total. The number of carbonyl (C=O) groups excluding carboxylic acids is 2. The fraction of sp³-hybridized carbons (Fsp3) is 0.400. The number of aliphatic carboxylic acids is 1. The van der Waals surface area contributed by atoms with E-state index in [1.165, 1.54) is 4.90 Å². The van der Waals surface area contributed by atoms with Gasteiger partial charge < -0.3 is 21.1 Å². The molecule has 1 aliphatic rings. The number of nitrogens with one attached hydrogen (secondary N) is 1. The predicted octanol–water partition coefficient (Wildman–Crippen LogP) is -0.181. The summed E-state index contributed by atoms with van der Waals surface area (Å²) in [6.07, 6.45) is 0.688. The lowest BCUT2D eigenvalue weighted by Gasteiger charge is -2.37. The minimum absolute atomic E-state index is 0.180. The molecule has 1 aliphatic heterocycles. The summed E-state index contributed by atoms with van der Waals surface area (Å²) in [4.78, 5) is 36.4. The van der Waals surface area contributed by atoms with Crippen molar-refractivity contribution in [2.24, 2.45) is 5.73 Å². The van der Waals surface area contributed by atoms with Crippen LogP contribution in [0.1, 0.15) is 23.2 Å². The Bertz CT molecular complexity index is 561. The Morgan fingerprint density at radius 3 is 2.55 bits per heavy atom. The maximum absolute atomic E-state index is 12.1. The number of carboxylic acids is 1. The molecule has 7 heteroatoms. The molecule has 0 spiro atoms. The van der Waals surface area contributed by atoms with Gasteiger partial charge in [-0.1, -0.05) is 18.2 Å². The lowest BCUT2D eigenvalue weighted by molar-refractivity contribution is -0.151. The van der Waals surface area contributed by atoms with Crippen molar-refractivity contribution in [1.82, 2.24) is 10.2 Å². The van der Waals surface area contributed by atoms with E-state index in [4.69, 9.17) is 5.73 Å². The second kappa shape index (κ2) is 7.04. The first-order valence-corrected chi connectivity index (χ1v) is 7.11. The summed E-state index contributed by atoms with van der Waals surface area (Å²) in [5.74, 6) is -1.71. The molecule has 2 amide bonds. The fourth-order valence-corrected chi connectivity index (χ4v) is 2.60. The van der Waals surface area contributed by atoms with Crippen molar-refractivity contribution in [2.75, 3.05) is 13.1 Å². The summed E-state index contributed by atoms with van der Waals surface area (Å²) in [5, 5.41) is 12.1. The second-order valence-corrected chi connectivity index (χ2v) is 5.21. The van der Waals surface area contributed by atoms with Gasteiger partial charge in [0.2, 0.25) is 5.91 Å². The fourth-order valence-electron chi connectivity index (χ4n) is 2.60. The molecule has 2 atom stereocenters. The maximum Gasteiger partial charge on any atom is 0.326 e. The molecule has 0 saturated carbocycles. The number of piperidine rings is 1. The first-order valence-electron chi connectivity index (χ1n) is 7.11. The third-order valence-corrected chi connectivity index (χ3v) is 3.75. The van der Waals surface area contributed by atoms with Crippen molar-refractivity contribution in [2.45, 2.75) is 24.9 Å². The molecule has 118 valence electrons. The van der Waals surface area contributed by atoms with Gasteiger partial charge in [-0.15, -0.1) is 0 Å². The van der Waals surface area contributed by atoms with E-state index in [1.54, 1.807) is 24.3 Å². The Hall–Kier alpha value is -2.41. The van der Waals surface area contributed by atoms with Gasteiger partial charge in [0, 0.05) is 18.2 Å². The standard InChI is InChI=1S/C15H19N3O4/c16-9-13(19)18-7-6-11(8-12(18)15(21)22)17-14(20)10-4-2-1-3-5-10/h1-5,11-12H,6-9,16H2,(H,17,20)(H,21,22). The van der Waals surface area contributed by atoms with Gasteiger partial charge in [-0.3, -0.25) is 9.59 Å². The number of carboxylic acid groups (broad SMARTS) is 1. The lowest BCUT2D eigenvalue weighted by atomic mass is 9.96. The zero-order chi connectivity index (χ0) is 16.1. The smallest absolute Gasteiger partial charge is 0.326 e. The molecule has 1 heterocycles. The minimum Gasteiger partial charge on any atom is -0.480 e. The van der Waals surface area contributed by atoms with Crippen LogP contribution in [0.15, 0.2) is 30.3 Å². The van der Waals surface area contributed by atoms with Gasteiger partial charge in [-0.2, -0.15) is 0 Å². The Kier molecular flexibility index (Phi) is 5.11. The topological polar surface area (TPSA) is 113 Å². The van der Waals surface area contributed by atoms with Crippen molar-refractivity contribution < 1.29 is 19.5 Å². The van der Waals surface area contributed by atoms with Crippen LogP contribution in [0.4, 0.5) is 0 Å². The molecule has 0 aliphatic carbocycles. The molecule has 0 aromatic heterocycles. The summed E-state index contributed by atoms with van der Waals surface area (Å²) >= 11 is 0. The Morgan fingerprint density at radius 2 is 1.95 bits per heavy atom. The van der Waals surface area contributed by atoms with Gasteiger partial charge in [0.05, 0.1) is 6.54 Å². The van der Waals surface area contributed by atoms with E-state index in [0.717, 1.165) is 0 Å². The van der Waals surface area contributed by atoms with Crippen LogP contribution < -0.4 is 11.1 Å². The molecule has 1 saturated heterocycles. The average Bonchev–Trinajstić information content (AvgIpc) is 2.54. The Balaban J connectivity index is 2.02. The zero-order valence-electron chi connectivity index (χ0n) is 12.1. The number of hydrogen-bond acceptors (Lipinski definition) is 4. The van der Waals surface area contributed by atoms with Crippen LogP contribution in [-0.2, 0) is 9.59 Å². The van der Waals surface area contributed by atoms with Crippen LogP contribution in [0, 0.1) is 0 Å². The monoisotopic (exact) mass is 305 g/mol. The van der Waals surface area contributed by atoms with Gasteiger partial charge in [0.25, 0.3) is 5.91 Å². The third kappa shape index (κ3) is 3.62. The highest BCUT2D eigenvalue weighted by Gasteiger charge is 2.36. The molecule has 7 nitrogen and oxygen atoms in total. The summed E-state index contributed by atoms with van der Waals surface area (Å²) in [7, 11) is 0. The first-order chi connectivity index (χ1) is 10.5. The van der Waals surface area contributed by atoms with E-state index >= 15 is 0 Å². The molecule has 0 radical (unpaired) electrons. The van der Waals surface area contributed by atoms with Gasteiger partial charge in [0.15, 0.2) is 0 Å². The molecule has 1 fully saturated rings. The highest BCUT2D eigenvalue weighted by atomic mass is 16.4. The predicted molar refractivity (Wildman–Crippen MR) is 79.1 cm³/mol. The normalized spacial score (nSPS) is 21.2. The number of carbonyl (C=O) groups is 3. The van der Waals surface area contributed by atoms with Crippen LogP contribution in [0.2, 0.25) is 0 Å². The molecule has 0 bridgehead atoms. The number of amides is 2. The summed E-state index contributed by atoms with van der Waals surface area (Å²) in [6.45, 7) is 0.0531. The lowest BCUT2D eigenvalue weighted by Crippen LogP contribution is -2.56.